The molecule has 0 radical (unpaired) electrons. The molecule has 0 bridgehead atoms. The van der Waals surface area contributed by atoms with E-state index in [-0.39, 0.29) is 16.5 Å². The van der Waals surface area contributed by atoms with Crippen LogP contribution in [-0.4, -0.2) is 20.6 Å². The van der Waals surface area contributed by atoms with Crippen LogP contribution in [0, 0.1) is 12.3 Å². The second-order valence-corrected chi connectivity index (χ2v) is 7.94. The van der Waals surface area contributed by atoms with Gasteiger partial charge in [0.1, 0.15) is 5.56 Å². The molecule has 0 saturated carbocycles. The zero-order chi connectivity index (χ0) is 17.6. The molecule has 0 fully saturated rings. The first-order valence-electron chi connectivity index (χ1n) is 7.68. The Hall–Kier alpha value is -2.17. The van der Waals surface area contributed by atoms with Gasteiger partial charge in [-0.15, -0.1) is 0 Å². The van der Waals surface area contributed by atoms with Gasteiger partial charge in [0.25, 0.3) is 0 Å². The first-order valence-corrected chi connectivity index (χ1v) is 7.68. The molecule has 5 nitrogen and oxygen atoms in total. The summed E-state index contributed by atoms with van der Waals surface area (Å²) in [5.74, 6) is -1.21. The third-order valence-corrected chi connectivity index (χ3v) is 3.87. The molecule has 124 valence electrons. The normalized spacial score (nSPS) is 12.6. The Bertz CT molecular complexity index is 827. The lowest BCUT2D eigenvalue weighted by Crippen LogP contribution is -2.34. The second kappa shape index (κ2) is 5.48. The predicted molar refractivity (Wildman–Crippen MR) is 91.1 cm³/mol. The van der Waals surface area contributed by atoms with Crippen molar-refractivity contribution in [2.24, 2.45) is 5.41 Å². The number of carboxylic acid groups (broad SMARTS) is 1. The molecule has 0 unspecified atom stereocenters. The molecule has 2 aromatic rings. The maximum atomic E-state index is 12.4. The quantitative estimate of drug-likeness (QED) is 0.939. The van der Waals surface area contributed by atoms with Gasteiger partial charge in [-0.3, -0.25) is 9.78 Å². The average molecular weight is 316 g/mol. The van der Waals surface area contributed by atoms with Gasteiger partial charge < -0.3 is 9.67 Å². The van der Waals surface area contributed by atoms with Crippen molar-refractivity contribution in [3.63, 3.8) is 0 Å². The summed E-state index contributed by atoms with van der Waals surface area (Å²) in [7, 11) is 0. The average Bonchev–Trinajstić information content (AvgIpc) is 2.35. The van der Waals surface area contributed by atoms with Gasteiger partial charge in [0.2, 0.25) is 5.43 Å². The highest BCUT2D eigenvalue weighted by Gasteiger charge is 2.29. The van der Waals surface area contributed by atoms with Crippen LogP contribution in [0.15, 0.2) is 23.3 Å². The Kier molecular flexibility index (Phi) is 4.09. The molecule has 5 heteroatoms. The lowest BCUT2D eigenvalue weighted by Gasteiger charge is -2.36. The van der Waals surface area contributed by atoms with Crippen molar-refractivity contribution >= 4 is 16.9 Å². The molecule has 2 aromatic heterocycles. The third-order valence-electron chi connectivity index (χ3n) is 3.87. The Morgan fingerprint density at radius 1 is 1.26 bits per heavy atom. The summed E-state index contributed by atoms with van der Waals surface area (Å²) in [5.41, 5.74) is 0.530. The summed E-state index contributed by atoms with van der Waals surface area (Å²) in [4.78, 5) is 28.0. The molecule has 0 atom stereocenters. The summed E-state index contributed by atoms with van der Waals surface area (Å²) >= 11 is 0. The van der Waals surface area contributed by atoms with E-state index in [2.05, 4.69) is 39.6 Å². The van der Waals surface area contributed by atoms with Crippen molar-refractivity contribution < 1.29 is 9.90 Å². The molecule has 0 aliphatic heterocycles. The summed E-state index contributed by atoms with van der Waals surface area (Å²) < 4.78 is 1.91. The first kappa shape index (κ1) is 17.2. The number of nitrogens with zero attached hydrogens (tertiary/aromatic N) is 2. The minimum atomic E-state index is -1.21. The van der Waals surface area contributed by atoms with Crippen molar-refractivity contribution in [1.82, 2.24) is 9.55 Å². The summed E-state index contributed by atoms with van der Waals surface area (Å²) in [5, 5.41) is 9.71. The molecule has 0 spiro atoms. The summed E-state index contributed by atoms with van der Waals surface area (Å²) in [6.07, 6.45) is 3.78. The Labute approximate surface area is 136 Å². The van der Waals surface area contributed by atoms with Crippen LogP contribution >= 0.6 is 0 Å². The summed E-state index contributed by atoms with van der Waals surface area (Å²) in [6.45, 7) is 12.4. The molecule has 2 rings (SSSR count). The standard InChI is InChI=1S/C18H24N2O3/c1-11-7-14-12(8-19-11)15(21)13(16(22)23)9-20(14)18(5,6)10-17(2,3)4/h7-9H,10H2,1-6H3,(H,22,23). The number of fused-ring (bicyclic) bond motifs is 1. The SMILES string of the molecule is Cc1cc2c(cn1)c(=O)c(C(=O)O)cn2C(C)(C)CC(C)(C)C. The zero-order valence-corrected chi connectivity index (χ0v) is 14.6. The monoisotopic (exact) mass is 316 g/mol. The van der Waals surface area contributed by atoms with E-state index in [0.29, 0.717) is 5.39 Å². The number of aromatic carboxylic acids is 1. The van der Waals surface area contributed by atoms with Crippen LogP contribution in [0.3, 0.4) is 0 Å². The van der Waals surface area contributed by atoms with Gasteiger partial charge in [-0.05, 0) is 38.7 Å². The molecule has 0 saturated heterocycles. The molecule has 0 aliphatic carbocycles. The smallest absolute Gasteiger partial charge is 0.341 e. The zero-order valence-electron chi connectivity index (χ0n) is 14.6. The Morgan fingerprint density at radius 3 is 2.39 bits per heavy atom. The fourth-order valence-electron chi connectivity index (χ4n) is 3.36. The molecule has 0 aromatic carbocycles. The summed E-state index contributed by atoms with van der Waals surface area (Å²) in [6, 6.07) is 1.84. The number of rotatable bonds is 3. The minimum Gasteiger partial charge on any atom is -0.477 e. The molecule has 0 amide bonds. The van der Waals surface area contributed by atoms with Crippen molar-refractivity contribution in [2.45, 2.75) is 53.5 Å². The maximum Gasteiger partial charge on any atom is 0.341 e. The van der Waals surface area contributed by atoms with Gasteiger partial charge in [0, 0.05) is 23.6 Å². The predicted octanol–water partition coefficient (Wildman–Crippen LogP) is 3.57. The van der Waals surface area contributed by atoms with Crippen LogP contribution in [0.5, 0.6) is 0 Å². The minimum absolute atomic E-state index is 0.0599. The molecule has 23 heavy (non-hydrogen) atoms. The third kappa shape index (κ3) is 3.44. The van der Waals surface area contributed by atoms with E-state index in [1.165, 1.54) is 12.4 Å². The number of carboxylic acids is 1. The van der Waals surface area contributed by atoms with E-state index in [1.54, 1.807) is 0 Å². The Morgan fingerprint density at radius 2 is 1.87 bits per heavy atom. The van der Waals surface area contributed by atoms with Gasteiger partial charge in [0.05, 0.1) is 10.9 Å². The van der Waals surface area contributed by atoms with Crippen LogP contribution in [0.4, 0.5) is 0 Å². The van der Waals surface area contributed by atoms with E-state index in [0.717, 1.165) is 17.6 Å². The van der Waals surface area contributed by atoms with E-state index in [4.69, 9.17) is 0 Å². The lowest BCUT2D eigenvalue weighted by atomic mass is 9.81. The van der Waals surface area contributed by atoms with Gasteiger partial charge in [-0.25, -0.2) is 4.79 Å². The highest BCUT2D eigenvalue weighted by Crippen LogP contribution is 2.34. The fraction of sp³-hybridized carbons (Fsp3) is 0.500. The molecular weight excluding hydrogens is 292 g/mol. The number of carbonyl (C=O) groups is 1. The van der Waals surface area contributed by atoms with Crippen LogP contribution in [0.2, 0.25) is 0 Å². The lowest BCUT2D eigenvalue weighted by molar-refractivity contribution is 0.0694. The topological polar surface area (TPSA) is 72.2 Å². The fourth-order valence-corrected chi connectivity index (χ4v) is 3.36. The first-order chi connectivity index (χ1) is 10.4. The van der Waals surface area contributed by atoms with E-state index >= 15 is 0 Å². The van der Waals surface area contributed by atoms with Gasteiger partial charge >= 0.3 is 5.97 Å². The number of pyridine rings is 2. The second-order valence-electron chi connectivity index (χ2n) is 7.94. The van der Waals surface area contributed by atoms with Crippen LogP contribution in [0.25, 0.3) is 10.9 Å². The van der Waals surface area contributed by atoms with Crippen LogP contribution in [-0.2, 0) is 5.54 Å². The van der Waals surface area contributed by atoms with Gasteiger partial charge in [-0.1, -0.05) is 20.8 Å². The van der Waals surface area contributed by atoms with Crippen LogP contribution in [0.1, 0.15) is 57.1 Å². The van der Waals surface area contributed by atoms with E-state index in [9.17, 15) is 14.7 Å². The van der Waals surface area contributed by atoms with Crippen LogP contribution < -0.4 is 5.43 Å². The molecule has 2 heterocycles. The van der Waals surface area contributed by atoms with Crippen molar-refractivity contribution in [3.8, 4) is 0 Å². The number of aromatic nitrogens is 2. The molecule has 0 aliphatic rings. The van der Waals surface area contributed by atoms with Gasteiger partial charge in [-0.2, -0.15) is 0 Å². The Balaban J connectivity index is 2.86. The van der Waals surface area contributed by atoms with E-state index < -0.39 is 11.4 Å². The maximum absolute atomic E-state index is 12.4. The number of aryl methyl sites for hydroxylation is 1. The highest BCUT2D eigenvalue weighted by molar-refractivity contribution is 5.92. The highest BCUT2D eigenvalue weighted by atomic mass is 16.4. The van der Waals surface area contributed by atoms with E-state index in [1.807, 2.05) is 17.6 Å². The number of hydrogen-bond acceptors (Lipinski definition) is 3. The van der Waals surface area contributed by atoms with Crippen molar-refractivity contribution in [1.29, 1.82) is 0 Å². The molecular formula is C18H24N2O3. The van der Waals surface area contributed by atoms with Gasteiger partial charge in [0.15, 0.2) is 0 Å². The molecule has 1 N–H and O–H groups in total. The largest absolute Gasteiger partial charge is 0.477 e. The number of hydrogen-bond donors (Lipinski definition) is 1. The van der Waals surface area contributed by atoms with Crippen molar-refractivity contribution in [2.75, 3.05) is 0 Å². The van der Waals surface area contributed by atoms with Crippen molar-refractivity contribution in [3.05, 3.63) is 39.9 Å².